The van der Waals surface area contributed by atoms with Crippen molar-refractivity contribution in [3.05, 3.63) is 59.7 Å². The maximum atomic E-state index is 10.8. The van der Waals surface area contributed by atoms with E-state index in [-0.39, 0.29) is 12.4 Å². The number of ketones is 1. The van der Waals surface area contributed by atoms with E-state index in [1.165, 1.54) is 5.56 Å². The molecule has 2 heteroatoms. The number of carbonyl (C=O) groups excluding carboxylic acids is 1. The zero-order valence-corrected chi connectivity index (χ0v) is 11.8. The van der Waals surface area contributed by atoms with E-state index in [1.54, 1.807) is 19.1 Å². The Morgan fingerprint density at radius 3 is 2.37 bits per heavy atom. The normalized spacial score (nSPS) is 14.9. The van der Waals surface area contributed by atoms with Gasteiger partial charge in [-0.1, -0.05) is 56.3 Å². The summed E-state index contributed by atoms with van der Waals surface area (Å²) in [4.78, 5) is 10.8. The smallest absolute Gasteiger partial charge is 0.152 e. The minimum absolute atomic E-state index is 0.0601. The van der Waals surface area contributed by atoms with Gasteiger partial charge in [0.1, 0.15) is 0 Å². The maximum Gasteiger partial charge on any atom is 0.152 e. The molecule has 1 aromatic carbocycles. The highest BCUT2D eigenvalue weighted by atomic mass is 16.3. The Balaban J connectivity index is 2.65. The van der Waals surface area contributed by atoms with E-state index >= 15 is 0 Å². The van der Waals surface area contributed by atoms with Crippen LogP contribution in [0.15, 0.2) is 48.6 Å². The van der Waals surface area contributed by atoms with E-state index < -0.39 is 0 Å². The minimum atomic E-state index is 0.0601. The van der Waals surface area contributed by atoms with Crippen LogP contribution in [0.1, 0.15) is 37.8 Å². The van der Waals surface area contributed by atoms with Crippen LogP contribution in [0.25, 0.3) is 0 Å². The fourth-order valence-electron chi connectivity index (χ4n) is 1.83. The summed E-state index contributed by atoms with van der Waals surface area (Å²) in [5.41, 5.74) is 2.19. The van der Waals surface area contributed by atoms with Gasteiger partial charge in [0.2, 0.25) is 0 Å². The number of carbonyl (C=O) groups is 1. The molecule has 0 heterocycles. The largest absolute Gasteiger partial charge is 0.392 e. The molecule has 0 bridgehead atoms. The number of hydrogen-bond acceptors (Lipinski definition) is 2. The summed E-state index contributed by atoms with van der Waals surface area (Å²) < 4.78 is 0. The fourth-order valence-corrected chi connectivity index (χ4v) is 1.83. The van der Waals surface area contributed by atoms with Crippen molar-refractivity contribution < 1.29 is 9.90 Å². The molecule has 2 atom stereocenters. The Hall–Kier alpha value is -1.67. The van der Waals surface area contributed by atoms with Crippen molar-refractivity contribution >= 4 is 5.78 Å². The lowest BCUT2D eigenvalue weighted by Crippen LogP contribution is -2.03. The molecule has 0 aliphatic carbocycles. The van der Waals surface area contributed by atoms with Gasteiger partial charge in [0.05, 0.1) is 6.61 Å². The SMILES string of the molecule is CC(=O)C=CC=CC(C)C(C)c1ccc(CO)cc1. The number of benzene rings is 1. The Morgan fingerprint density at radius 2 is 1.84 bits per heavy atom. The topological polar surface area (TPSA) is 37.3 Å². The van der Waals surface area contributed by atoms with Gasteiger partial charge in [-0.2, -0.15) is 0 Å². The fraction of sp³-hybridized carbons (Fsp3) is 0.353. The van der Waals surface area contributed by atoms with Gasteiger partial charge in [-0.15, -0.1) is 0 Å². The molecule has 0 saturated carbocycles. The van der Waals surface area contributed by atoms with Crippen LogP contribution >= 0.6 is 0 Å². The third kappa shape index (κ3) is 5.23. The zero-order valence-electron chi connectivity index (χ0n) is 11.8. The van der Waals surface area contributed by atoms with Crippen molar-refractivity contribution in [1.82, 2.24) is 0 Å². The molecule has 0 aromatic heterocycles. The summed E-state index contributed by atoms with van der Waals surface area (Å²) >= 11 is 0. The monoisotopic (exact) mass is 258 g/mol. The lowest BCUT2D eigenvalue weighted by atomic mass is 9.88. The first-order valence-electron chi connectivity index (χ1n) is 6.59. The average Bonchev–Trinajstić information content (AvgIpc) is 2.42. The molecule has 102 valence electrons. The minimum Gasteiger partial charge on any atom is -0.392 e. The summed E-state index contributed by atoms with van der Waals surface area (Å²) in [6.07, 6.45) is 7.36. The van der Waals surface area contributed by atoms with Crippen LogP contribution in [-0.4, -0.2) is 10.9 Å². The molecule has 0 spiro atoms. The van der Waals surface area contributed by atoms with Gasteiger partial charge < -0.3 is 5.11 Å². The molecule has 0 aliphatic rings. The summed E-state index contributed by atoms with van der Waals surface area (Å²) in [7, 11) is 0. The summed E-state index contributed by atoms with van der Waals surface area (Å²) in [6, 6.07) is 8.04. The second-order valence-corrected chi connectivity index (χ2v) is 4.90. The number of hydrogen-bond donors (Lipinski definition) is 1. The van der Waals surface area contributed by atoms with Gasteiger partial charge in [-0.3, -0.25) is 4.79 Å². The molecule has 0 amide bonds. The van der Waals surface area contributed by atoms with E-state index in [4.69, 9.17) is 5.11 Å². The van der Waals surface area contributed by atoms with Crippen LogP contribution in [0.4, 0.5) is 0 Å². The number of aliphatic hydroxyl groups excluding tert-OH is 1. The summed E-state index contributed by atoms with van der Waals surface area (Å²) in [6.45, 7) is 5.96. The first-order chi connectivity index (χ1) is 9.04. The third-order valence-electron chi connectivity index (χ3n) is 3.33. The van der Waals surface area contributed by atoms with Crippen LogP contribution in [0.3, 0.4) is 0 Å². The van der Waals surface area contributed by atoms with Crippen LogP contribution in [0, 0.1) is 5.92 Å². The highest BCUT2D eigenvalue weighted by Gasteiger charge is 2.11. The predicted octanol–water partition coefficient (Wildman–Crippen LogP) is 3.62. The molecule has 2 nitrogen and oxygen atoms in total. The van der Waals surface area contributed by atoms with Crippen molar-refractivity contribution in [2.45, 2.75) is 33.3 Å². The van der Waals surface area contributed by atoms with Crippen molar-refractivity contribution in [2.75, 3.05) is 0 Å². The van der Waals surface area contributed by atoms with E-state index in [0.717, 1.165) is 5.56 Å². The molecular formula is C17H22O2. The van der Waals surface area contributed by atoms with Crippen LogP contribution < -0.4 is 0 Å². The van der Waals surface area contributed by atoms with Gasteiger partial charge in [0.15, 0.2) is 5.78 Å². The molecule has 2 unspecified atom stereocenters. The molecule has 1 aromatic rings. The molecule has 0 saturated heterocycles. The van der Waals surface area contributed by atoms with Gasteiger partial charge in [0, 0.05) is 0 Å². The first kappa shape index (κ1) is 15.4. The highest BCUT2D eigenvalue weighted by molar-refractivity contribution is 5.87. The lowest BCUT2D eigenvalue weighted by molar-refractivity contribution is -0.112. The third-order valence-corrected chi connectivity index (χ3v) is 3.33. The molecule has 1 N–H and O–H groups in total. The Bertz CT molecular complexity index is 455. The standard InChI is InChI=1S/C17H22O2/c1-13(6-4-5-7-14(2)19)15(3)17-10-8-16(12-18)9-11-17/h4-11,13,15,18H,12H2,1-3H3. The van der Waals surface area contributed by atoms with Crippen LogP contribution in [0.5, 0.6) is 0 Å². The van der Waals surface area contributed by atoms with Gasteiger partial charge in [0.25, 0.3) is 0 Å². The van der Waals surface area contributed by atoms with Crippen LogP contribution in [0.2, 0.25) is 0 Å². The number of rotatable bonds is 6. The van der Waals surface area contributed by atoms with Crippen molar-refractivity contribution in [3.8, 4) is 0 Å². The van der Waals surface area contributed by atoms with E-state index in [0.29, 0.717) is 11.8 Å². The van der Waals surface area contributed by atoms with E-state index in [1.807, 2.05) is 18.2 Å². The second-order valence-electron chi connectivity index (χ2n) is 4.90. The van der Waals surface area contributed by atoms with E-state index in [9.17, 15) is 4.79 Å². The number of allylic oxidation sites excluding steroid dienone is 4. The Kier molecular flexibility index (Phi) is 6.23. The molecule has 19 heavy (non-hydrogen) atoms. The van der Waals surface area contributed by atoms with Gasteiger partial charge in [-0.05, 0) is 36.0 Å². The molecular weight excluding hydrogens is 236 g/mol. The molecule has 1 rings (SSSR count). The van der Waals surface area contributed by atoms with E-state index in [2.05, 4.69) is 32.1 Å². The van der Waals surface area contributed by atoms with Crippen LogP contribution in [-0.2, 0) is 11.4 Å². The first-order valence-corrected chi connectivity index (χ1v) is 6.59. The lowest BCUT2D eigenvalue weighted by Gasteiger charge is -2.17. The number of aliphatic hydroxyl groups is 1. The average molecular weight is 258 g/mol. The Labute approximate surface area is 115 Å². The van der Waals surface area contributed by atoms with Gasteiger partial charge >= 0.3 is 0 Å². The summed E-state index contributed by atoms with van der Waals surface area (Å²) in [5, 5.41) is 9.02. The predicted molar refractivity (Wildman–Crippen MR) is 78.9 cm³/mol. The Morgan fingerprint density at radius 1 is 1.21 bits per heavy atom. The molecule has 0 aliphatic heterocycles. The van der Waals surface area contributed by atoms with Crippen molar-refractivity contribution in [1.29, 1.82) is 0 Å². The molecule has 0 radical (unpaired) electrons. The second kappa shape index (κ2) is 7.70. The quantitative estimate of drug-likeness (QED) is 0.625. The zero-order chi connectivity index (χ0) is 14.3. The molecule has 0 fully saturated rings. The van der Waals surface area contributed by atoms with Crippen molar-refractivity contribution in [2.24, 2.45) is 5.92 Å². The summed E-state index contributed by atoms with van der Waals surface area (Å²) in [5.74, 6) is 0.844. The van der Waals surface area contributed by atoms with Crippen molar-refractivity contribution in [3.63, 3.8) is 0 Å². The maximum absolute atomic E-state index is 10.8. The van der Waals surface area contributed by atoms with Gasteiger partial charge in [-0.25, -0.2) is 0 Å². The highest BCUT2D eigenvalue weighted by Crippen LogP contribution is 2.25.